The molecule has 1 aromatic carbocycles. The summed E-state index contributed by atoms with van der Waals surface area (Å²) < 4.78 is 10.7. The van der Waals surface area contributed by atoms with Crippen molar-refractivity contribution in [2.75, 3.05) is 32.7 Å². The van der Waals surface area contributed by atoms with Crippen LogP contribution in [0.3, 0.4) is 0 Å². The smallest absolute Gasteiger partial charge is 0.187 e. The van der Waals surface area contributed by atoms with Crippen LogP contribution in [0.5, 0.6) is 11.5 Å². The van der Waals surface area contributed by atoms with Gasteiger partial charge in [0.05, 0.1) is 14.2 Å². The summed E-state index contributed by atoms with van der Waals surface area (Å²) in [4.78, 5) is 10.9. The molecule has 2 rings (SSSR count). The summed E-state index contributed by atoms with van der Waals surface area (Å²) in [7, 11) is 5.30. The third kappa shape index (κ3) is 2.61. The van der Waals surface area contributed by atoms with Gasteiger partial charge in [-0.15, -0.1) is 0 Å². The van der Waals surface area contributed by atoms with Gasteiger partial charge in [0.2, 0.25) is 0 Å². The molecule has 5 nitrogen and oxygen atoms in total. The largest absolute Gasteiger partial charge is 0.493 e. The second-order valence-electron chi connectivity index (χ2n) is 4.67. The van der Waals surface area contributed by atoms with Crippen LogP contribution >= 0.6 is 0 Å². The van der Waals surface area contributed by atoms with Crippen molar-refractivity contribution in [2.45, 2.75) is 19.8 Å². The highest BCUT2D eigenvalue weighted by Crippen LogP contribution is 2.36. The van der Waals surface area contributed by atoms with Gasteiger partial charge in [0.25, 0.3) is 0 Å². The van der Waals surface area contributed by atoms with Crippen LogP contribution in [-0.4, -0.2) is 37.8 Å². The zero-order chi connectivity index (χ0) is 14.5. The number of hydrogen-bond donors (Lipinski definition) is 0. The van der Waals surface area contributed by atoms with E-state index in [1.165, 1.54) is 0 Å². The van der Waals surface area contributed by atoms with Crippen molar-refractivity contribution in [3.63, 3.8) is 0 Å². The number of benzene rings is 1. The Hall–Kier alpha value is -2.04. The molecule has 0 atom stereocenters. The molecular formula is C15H21N3O2. The Kier molecular flexibility index (Phi) is 4.61. The van der Waals surface area contributed by atoms with Gasteiger partial charge in [0.15, 0.2) is 11.5 Å². The van der Waals surface area contributed by atoms with Crippen molar-refractivity contribution in [3.05, 3.63) is 18.5 Å². The lowest BCUT2D eigenvalue weighted by molar-refractivity contribution is 0.358. The van der Waals surface area contributed by atoms with Crippen LogP contribution in [0, 0.1) is 0 Å². The minimum Gasteiger partial charge on any atom is -0.493 e. The Balaban J connectivity index is 2.53. The molecule has 1 heterocycles. The van der Waals surface area contributed by atoms with E-state index in [9.17, 15) is 0 Å². The number of unbranched alkanes of at least 4 members (excludes halogenated alkanes) is 1. The molecule has 108 valence electrons. The molecule has 0 unspecified atom stereocenters. The highest BCUT2D eigenvalue weighted by Gasteiger charge is 2.15. The van der Waals surface area contributed by atoms with Crippen LogP contribution in [-0.2, 0) is 0 Å². The van der Waals surface area contributed by atoms with E-state index in [-0.39, 0.29) is 0 Å². The Bertz CT molecular complexity index is 587. The molecule has 0 radical (unpaired) electrons. The summed E-state index contributed by atoms with van der Waals surface area (Å²) in [5.74, 6) is 2.25. The predicted octanol–water partition coefficient (Wildman–Crippen LogP) is 2.88. The Morgan fingerprint density at radius 3 is 2.60 bits per heavy atom. The van der Waals surface area contributed by atoms with Crippen molar-refractivity contribution >= 4 is 16.7 Å². The summed E-state index contributed by atoms with van der Waals surface area (Å²) in [6.45, 7) is 3.15. The summed E-state index contributed by atoms with van der Waals surface area (Å²) >= 11 is 0. The van der Waals surface area contributed by atoms with Gasteiger partial charge in [-0.2, -0.15) is 0 Å². The molecule has 2 aromatic rings. The van der Waals surface area contributed by atoms with Gasteiger partial charge in [0, 0.05) is 19.0 Å². The van der Waals surface area contributed by atoms with E-state index < -0.39 is 0 Å². The maximum atomic E-state index is 5.43. The Morgan fingerprint density at radius 2 is 1.95 bits per heavy atom. The molecule has 0 N–H and O–H groups in total. The number of ether oxygens (including phenoxy) is 2. The first-order valence-electron chi connectivity index (χ1n) is 6.79. The minimum absolute atomic E-state index is 0.651. The third-order valence-electron chi connectivity index (χ3n) is 3.34. The molecule has 0 saturated carbocycles. The van der Waals surface area contributed by atoms with Crippen molar-refractivity contribution < 1.29 is 9.47 Å². The van der Waals surface area contributed by atoms with Crippen LogP contribution in [0.2, 0.25) is 0 Å². The molecule has 1 aromatic heterocycles. The van der Waals surface area contributed by atoms with Crippen molar-refractivity contribution in [3.8, 4) is 11.5 Å². The standard InChI is InChI=1S/C15H21N3O2/c1-5-6-9-18(2)15-11-7-8-12(19-3)14(20-4)13(11)16-10-17-15/h7-8,10H,5-6,9H2,1-4H3. The second kappa shape index (κ2) is 6.41. The molecule has 0 fully saturated rings. The molecule has 0 saturated heterocycles. The fraction of sp³-hybridized carbons (Fsp3) is 0.467. The first-order chi connectivity index (χ1) is 9.72. The summed E-state index contributed by atoms with van der Waals surface area (Å²) in [6.07, 6.45) is 3.86. The Morgan fingerprint density at radius 1 is 1.15 bits per heavy atom. The Labute approximate surface area is 119 Å². The maximum absolute atomic E-state index is 5.43. The molecule has 0 aliphatic carbocycles. The predicted molar refractivity (Wildman–Crippen MR) is 80.8 cm³/mol. The fourth-order valence-electron chi connectivity index (χ4n) is 2.24. The zero-order valence-electron chi connectivity index (χ0n) is 12.5. The molecule has 0 bridgehead atoms. The zero-order valence-corrected chi connectivity index (χ0v) is 12.5. The lowest BCUT2D eigenvalue weighted by Gasteiger charge is -2.20. The quantitative estimate of drug-likeness (QED) is 0.811. The molecular weight excluding hydrogens is 254 g/mol. The van der Waals surface area contributed by atoms with E-state index in [1.807, 2.05) is 19.2 Å². The fourth-order valence-corrected chi connectivity index (χ4v) is 2.24. The van der Waals surface area contributed by atoms with E-state index in [0.29, 0.717) is 11.5 Å². The van der Waals surface area contributed by atoms with Crippen LogP contribution in [0.15, 0.2) is 18.5 Å². The number of fused-ring (bicyclic) bond motifs is 1. The lowest BCUT2D eigenvalue weighted by Crippen LogP contribution is -2.20. The van der Waals surface area contributed by atoms with Crippen molar-refractivity contribution in [1.82, 2.24) is 9.97 Å². The maximum Gasteiger partial charge on any atom is 0.187 e. The SMILES string of the molecule is CCCCN(C)c1ncnc2c(OC)c(OC)ccc12. The molecule has 0 aliphatic heterocycles. The number of aromatic nitrogens is 2. The van der Waals surface area contributed by atoms with Gasteiger partial charge in [-0.1, -0.05) is 13.3 Å². The minimum atomic E-state index is 0.651. The summed E-state index contributed by atoms with van der Waals surface area (Å²) in [5, 5.41) is 0.976. The van der Waals surface area contributed by atoms with E-state index >= 15 is 0 Å². The van der Waals surface area contributed by atoms with E-state index in [2.05, 4.69) is 21.8 Å². The van der Waals surface area contributed by atoms with E-state index in [1.54, 1.807) is 20.5 Å². The third-order valence-corrected chi connectivity index (χ3v) is 3.34. The van der Waals surface area contributed by atoms with Gasteiger partial charge >= 0.3 is 0 Å². The first-order valence-corrected chi connectivity index (χ1v) is 6.79. The number of nitrogens with zero attached hydrogens (tertiary/aromatic N) is 3. The van der Waals surface area contributed by atoms with Crippen LogP contribution < -0.4 is 14.4 Å². The first kappa shape index (κ1) is 14.4. The monoisotopic (exact) mass is 275 g/mol. The number of anilines is 1. The highest BCUT2D eigenvalue weighted by atomic mass is 16.5. The molecule has 5 heteroatoms. The summed E-state index contributed by atoms with van der Waals surface area (Å²) in [6, 6.07) is 3.87. The normalized spacial score (nSPS) is 10.6. The average Bonchev–Trinajstić information content (AvgIpc) is 2.50. The topological polar surface area (TPSA) is 47.5 Å². The molecule has 0 amide bonds. The van der Waals surface area contributed by atoms with Crippen LogP contribution in [0.25, 0.3) is 10.9 Å². The molecule has 0 aliphatic rings. The van der Waals surface area contributed by atoms with Crippen LogP contribution in [0.4, 0.5) is 5.82 Å². The van der Waals surface area contributed by atoms with Gasteiger partial charge in [-0.05, 0) is 18.6 Å². The van der Waals surface area contributed by atoms with Crippen molar-refractivity contribution in [1.29, 1.82) is 0 Å². The number of methoxy groups -OCH3 is 2. The molecule has 0 spiro atoms. The second-order valence-corrected chi connectivity index (χ2v) is 4.67. The van der Waals surface area contributed by atoms with Gasteiger partial charge in [0.1, 0.15) is 17.7 Å². The van der Waals surface area contributed by atoms with Crippen LogP contribution in [0.1, 0.15) is 19.8 Å². The number of hydrogen-bond acceptors (Lipinski definition) is 5. The summed E-state index contributed by atoms with van der Waals surface area (Å²) in [5.41, 5.74) is 0.778. The lowest BCUT2D eigenvalue weighted by atomic mass is 10.2. The van der Waals surface area contributed by atoms with Gasteiger partial charge < -0.3 is 14.4 Å². The average molecular weight is 275 g/mol. The van der Waals surface area contributed by atoms with Gasteiger partial charge in [-0.3, -0.25) is 0 Å². The van der Waals surface area contributed by atoms with Gasteiger partial charge in [-0.25, -0.2) is 9.97 Å². The van der Waals surface area contributed by atoms with E-state index in [4.69, 9.17) is 9.47 Å². The number of rotatable bonds is 6. The highest BCUT2D eigenvalue weighted by molar-refractivity contribution is 5.94. The van der Waals surface area contributed by atoms with E-state index in [0.717, 1.165) is 36.1 Å². The van der Waals surface area contributed by atoms with Crippen molar-refractivity contribution in [2.24, 2.45) is 0 Å². The molecule has 20 heavy (non-hydrogen) atoms.